The van der Waals surface area contributed by atoms with Gasteiger partial charge in [-0.2, -0.15) is 0 Å². The molecule has 0 bridgehead atoms. The first-order valence-electron chi connectivity index (χ1n) is 3.61. The van der Waals surface area contributed by atoms with E-state index < -0.39 is 5.24 Å². The SMILES string of the molecule is Nc1cc2nc[nH]c2cc1C(=O)Cl. The minimum absolute atomic E-state index is 0.304. The first-order chi connectivity index (χ1) is 6.18. The van der Waals surface area contributed by atoms with Crippen molar-refractivity contribution in [1.82, 2.24) is 9.97 Å². The van der Waals surface area contributed by atoms with Crippen molar-refractivity contribution >= 4 is 33.6 Å². The maximum atomic E-state index is 10.9. The highest BCUT2D eigenvalue weighted by atomic mass is 35.5. The van der Waals surface area contributed by atoms with Gasteiger partial charge in [0, 0.05) is 5.69 Å². The number of benzene rings is 1. The highest BCUT2D eigenvalue weighted by molar-refractivity contribution is 6.68. The number of nitrogens with zero attached hydrogens (tertiary/aromatic N) is 1. The van der Waals surface area contributed by atoms with Gasteiger partial charge in [0.1, 0.15) is 0 Å². The molecule has 0 radical (unpaired) electrons. The van der Waals surface area contributed by atoms with E-state index in [-0.39, 0.29) is 0 Å². The largest absolute Gasteiger partial charge is 0.398 e. The molecular formula is C8H6ClN3O. The summed E-state index contributed by atoms with van der Waals surface area (Å²) >= 11 is 5.32. The maximum absolute atomic E-state index is 10.9. The molecule has 0 unspecified atom stereocenters. The summed E-state index contributed by atoms with van der Waals surface area (Å²) < 4.78 is 0. The standard InChI is InChI=1S/C8H6ClN3O/c9-8(13)4-1-6-7(2-5(4)10)12-3-11-6/h1-3H,10H2,(H,11,12). The van der Waals surface area contributed by atoms with Crippen LogP contribution in [0.25, 0.3) is 11.0 Å². The molecule has 0 saturated carbocycles. The molecular weight excluding hydrogens is 190 g/mol. The van der Waals surface area contributed by atoms with Crippen LogP contribution in [-0.4, -0.2) is 15.2 Å². The van der Waals surface area contributed by atoms with E-state index in [4.69, 9.17) is 17.3 Å². The number of nitrogen functional groups attached to an aromatic ring is 1. The number of imidazole rings is 1. The highest BCUT2D eigenvalue weighted by Crippen LogP contribution is 2.20. The number of anilines is 1. The van der Waals surface area contributed by atoms with Crippen LogP contribution >= 0.6 is 11.6 Å². The molecule has 0 aliphatic carbocycles. The van der Waals surface area contributed by atoms with Crippen LogP contribution in [0.3, 0.4) is 0 Å². The van der Waals surface area contributed by atoms with Crippen molar-refractivity contribution in [2.24, 2.45) is 0 Å². The lowest BCUT2D eigenvalue weighted by atomic mass is 10.2. The van der Waals surface area contributed by atoms with Crippen molar-refractivity contribution in [3.05, 3.63) is 24.0 Å². The molecule has 0 fully saturated rings. The number of fused-ring (bicyclic) bond motifs is 1. The molecule has 2 aromatic rings. The van der Waals surface area contributed by atoms with Crippen LogP contribution < -0.4 is 5.73 Å². The number of hydrogen-bond donors (Lipinski definition) is 2. The van der Waals surface area contributed by atoms with E-state index in [1.54, 1.807) is 12.1 Å². The van der Waals surface area contributed by atoms with E-state index in [1.165, 1.54) is 6.33 Å². The van der Waals surface area contributed by atoms with Gasteiger partial charge in [0.15, 0.2) is 0 Å². The van der Waals surface area contributed by atoms with Gasteiger partial charge in [-0.25, -0.2) is 4.98 Å². The van der Waals surface area contributed by atoms with Crippen molar-refractivity contribution in [2.45, 2.75) is 0 Å². The van der Waals surface area contributed by atoms with Crippen LogP contribution in [0.2, 0.25) is 0 Å². The highest BCUT2D eigenvalue weighted by Gasteiger charge is 2.08. The number of rotatable bonds is 1. The van der Waals surface area contributed by atoms with E-state index in [0.29, 0.717) is 11.3 Å². The molecule has 13 heavy (non-hydrogen) atoms. The summed E-state index contributed by atoms with van der Waals surface area (Å²) in [5, 5.41) is -0.561. The number of aromatic nitrogens is 2. The maximum Gasteiger partial charge on any atom is 0.254 e. The van der Waals surface area contributed by atoms with E-state index in [0.717, 1.165) is 11.0 Å². The van der Waals surface area contributed by atoms with Gasteiger partial charge >= 0.3 is 0 Å². The Morgan fingerprint density at radius 2 is 2.31 bits per heavy atom. The van der Waals surface area contributed by atoms with Gasteiger partial charge in [-0.1, -0.05) is 0 Å². The number of nitrogens with two attached hydrogens (primary N) is 1. The second-order valence-corrected chi connectivity index (χ2v) is 2.98. The Labute approximate surface area is 78.7 Å². The molecule has 1 aromatic heterocycles. The van der Waals surface area contributed by atoms with Crippen molar-refractivity contribution in [1.29, 1.82) is 0 Å². The van der Waals surface area contributed by atoms with Gasteiger partial charge in [0.25, 0.3) is 5.24 Å². The van der Waals surface area contributed by atoms with Gasteiger partial charge in [-0.05, 0) is 23.7 Å². The molecule has 4 nitrogen and oxygen atoms in total. The third-order valence-electron chi connectivity index (χ3n) is 1.80. The summed E-state index contributed by atoms with van der Waals surface area (Å²) in [6.07, 6.45) is 1.53. The Morgan fingerprint density at radius 3 is 3.00 bits per heavy atom. The number of hydrogen-bond acceptors (Lipinski definition) is 3. The molecule has 3 N–H and O–H groups in total. The molecule has 0 amide bonds. The molecule has 0 aliphatic heterocycles. The van der Waals surface area contributed by atoms with Crippen molar-refractivity contribution in [3.8, 4) is 0 Å². The zero-order valence-corrected chi connectivity index (χ0v) is 7.30. The second kappa shape index (κ2) is 2.74. The van der Waals surface area contributed by atoms with Crippen molar-refractivity contribution in [2.75, 3.05) is 5.73 Å². The monoisotopic (exact) mass is 195 g/mol. The normalized spacial score (nSPS) is 10.5. The van der Waals surface area contributed by atoms with Crippen LogP contribution in [-0.2, 0) is 0 Å². The van der Waals surface area contributed by atoms with Gasteiger partial charge in [-0.15, -0.1) is 0 Å². The predicted octanol–water partition coefficient (Wildman–Crippen LogP) is 1.52. The lowest BCUT2D eigenvalue weighted by Gasteiger charge is -1.99. The van der Waals surface area contributed by atoms with Crippen LogP contribution in [0, 0.1) is 0 Å². The number of carbonyl (C=O) groups excluding carboxylic acids is 1. The molecule has 1 heterocycles. The minimum Gasteiger partial charge on any atom is -0.398 e. The fourth-order valence-corrected chi connectivity index (χ4v) is 1.33. The summed E-state index contributed by atoms with van der Waals surface area (Å²) in [5.41, 5.74) is 7.71. The zero-order valence-electron chi connectivity index (χ0n) is 6.54. The fourth-order valence-electron chi connectivity index (χ4n) is 1.17. The molecule has 0 atom stereocenters. The third kappa shape index (κ3) is 1.25. The van der Waals surface area contributed by atoms with E-state index >= 15 is 0 Å². The molecule has 66 valence electrons. The van der Waals surface area contributed by atoms with Gasteiger partial charge in [0.05, 0.1) is 22.9 Å². The summed E-state index contributed by atoms with van der Waals surface area (Å²) in [4.78, 5) is 17.7. The quantitative estimate of drug-likeness (QED) is 0.535. The first kappa shape index (κ1) is 8.07. The predicted molar refractivity (Wildman–Crippen MR) is 50.7 cm³/mol. The minimum atomic E-state index is -0.561. The van der Waals surface area contributed by atoms with Gasteiger partial charge in [0.2, 0.25) is 0 Å². The van der Waals surface area contributed by atoms with Crippen LogP contribution in [0.15, 0.2) is 18.5 Å². The Morgan fingerprint density at radius 1 is 1.54 bits per heavy atom. The average Bonchev–Trinajstić information content (AvgIpc) is 2.48. The van der Waals surface area contributed by atoms with Crippen molar-refractivity contribution in [3.63, 3.8) is 0 Å². The van der Waals surface area contributed by atoms with Crippen LogP contribution in [0.1, 0.15) is 10.4 Å². The number of halogens is 1. The van der Waals surface area contributed by atoms with Crippen LogP contribution in [0.5, 0.6) is 0 Å². The van der Waals surface area contributed by atoms with E-state index in [9.17, 15) is 4.79 Å². The molecule has 0 aliphatic rings. The zero-order chi connectivity index (χ0) is 9.42. The van der Waals surface area contributed by atoms with E-state index in [1.807, 2.05) is 0 Å². The van der Waals surface area contributed by atoms with Crippen molar-refractivity contribution < 1.29 is 4.79 Å². The number of carbonyl (C=O) groups is 1. The topological polar surface area (TPSA) is 71.8 Å². The van der Waals surface area contributed by atoms with E-state index in [2.05, 4.69) is 9.97 Å². The summed E-state index contributed by atoms with van der Waals surface area (Å²) in [6.45, 7) is 0. The Hall–Kier alpha value is -1.55. The Kier molecular flexibility index (Phi) is 1.70. The molecule has 5 heteroatoms. The summed E-state index contributed by atoms with van der Waals surface area (Å²) in [6, 6.07) is 3.20. The van der Waals surface area contributed by atoms with Crippen LogP contribution in [0.4, 0.5) is 5.69 Å². The Bertz CT molecular complexity index is 477. The third-order valence-corrected chi connectivity index (χ3v) is 2.01. The summed E-state index contributed by atoms with van der Waals surface area (Å²) in [5.74, 6) is 0. The lowest BCUT2D eigenvalue weighted by molar-refractivity contribution is 0.108. The number of aromatic amines is 1. The number of nitrogens with one attached hydrogen (secondary N) is 1. The number of H-pyrrole nitrogens is 1. The smallest absolute Gasteiger partial charge is 0.254 e. The molecule has 1 aromatic carbocycles. The van der Waals surface area contributed by atoms with Gasteiger partial charge < -0.3 is 10.7 Å². The van der Waals surface area contributed by atoms with Gasteiger partial charge in [-0.3, -0.25) is 4.79 Å². The molecule has 0 spiro atoms. The first-order valence-corrected chi connectivity index (χ1v) is 3.98. The fraction of sp³-hybridized carbons (Fsp3) is 0. The lowest BCUT2D eigenvalue weighted by Crippen LogP contribution is -1.97. The molecule has 2 rings (SSSR count). The molecule has 0 saturated heterocycles. The average molecular weight is 196 g/mol. The summed E-state index contributed by atoms with van der Waals surface area (Å²) in [7, 11) is 0. The second-order valence-electron chi connectivity index (χ2n) is 2.63. The Balaban J connectivity index is 2.76.